The summed E-state index contributed by atoms with van der Waals surface area (Å²) in [6, 6.07) is 11.3. The highest BCUT2D eigenvalue weighted by Gasteiger charge is 2.43. The lowest BCUT2D eigenvalue weighted by Crippen LogP contribution is -2.45. The van der Waals surface area contributed by atoms with Crippen LogP contribution in [-0.4, -0.2) is 44.3 Å². The summed E-state index contributed by atoms with van der Waals surface area (Å²) in [6.07, 6.45) is -7.28. The van der Waals surface area contributed by atoms with Crippen LogP contribution in [0.3, 0.4) is 0 Å². The number of benzene rings is 2. The van der Waals surface area contributed by atoms with Crippen molar-refractivity contribution in [2.45, 2.75) is 18.3 Å². The molecule has 2 atom stereocenters. The Hall–Kier alpha value is -4.39. The van der Waals surface area contributed by atoms with Gasteiger partial charge in [0.15, 0.2) is 0 Å². The van der Waals surface area contributed by atoms with Crippen LogP contribution in [0.5, 0.6) is 5.75 Å². The van der Waals surface area contributed by atoms with Gasteiger partial charge in [0.1, 0.15) is 29.7 Å². The number of hydrogen-bond donors (Lipinski definition) is 3. The molecule has 0 bridgehead atoms. The summed E-state index contributed by atoms with van der Waals surface area (Å²) in [5.74, 6) is -1.06. The van der Waals surface area contributed by atoms with Crippen LogP contribution in [0.4, 0.5) is 18.0 Å². The molecule has 0 saturated carbocycles. The molecule has 4 aromatic rings. The lowest BCUT2D eigenvalue weighted by Gasteiger charge is -2.30. The van der Waals surface area contributed by atoms with Crippen molar-refractivity contribution in [2.24, 2.45) is 0 Å². The van der Waals surface area contributed by atoms with E-state index < -0.39 is 47.3 Å². The third-order valence-electron chi connectivity index (χ3n) is 5.34. The molecule has 10 nitrogen and oxygen atoms in total. The number of nitrogens with one attached hydrogen (secondary N) is 1. The number of hydrogen-bond acceptors (Lipinski definition) is 8. The van der Waals surface area contributed by atoms with Crippen molar-refractivity contribution < 1.29 is 42.0 Å². The van der Waals surface area contributed by atoms with Crippen LogP contribution in [0.2, 0.25) is 0 Å². The maximum absolute atomic E-state index is 13.9. The number of ether oxygens (including phenoxy) is 1. The van der Waals surface area contributed by atoms with Gasteiger partial charge in [-0.05, 0) is 6.07 Å². The number of aliphatic hydroxyl groups is 1. The normalized spacial score (nSPS) is 17.5. The van der Waals surface area contributed by atoms with E-state index in [4.69, 9.17) is 18.9 Å². The summed E-state index contributed by atoms with van der Waals surface area (Å²) in [7, 11) is 0. The van der Waals surface area contributed by atoms with E-state index in [-0.39, 0.29) is 23.7 Å². The Kier molecular flexibility index (Phi) is 5.40. The van der Waals surface area contributed by atoms with Gasteiger partial charge >= 0.3 is 12.3 Å². The van der Waals surface area contributed by atoms with Gasteiger partial charge in [-0.25, -0.2) is 4.79 Å². The van der Waals surface area contributed by atoms with Crippen LogP contribution in [0.25, 0.3) is 34.3 Å². The third kappa shape index (κ3) is 4.17. The average Bonchev–Trinajstić information content (AvgIpc) is 3.48. The predicted molar refractivity (Wildman–Crippen MR) is 111 cm³/mol. The summed E-state index contributed by atoms with van der Waals surface area (Å²) >= 11 is 0. The van der Waals surface area contributed by atoms with Crippen LogP contribution < -0.4 is 10.1 Å². The zero-order chi connectivity index (χ0) is 24.7. The maximum Gasteiger partial charge on any atom is 0.422 e. The number of nitrogens with zero attached hydrogens (tertiary/aromatic N) is 3. The van der Waals surface area contributed by atoms with Crippen molar-refractivity contribution in [3.63, 3.8) is 0 Å². The molecule has 0 spiro atoms. The summed E-state index contributed by atoms with van der Waals surface area (Å²) in [6.45, 7) is -0.128. The summed E-state index contributed by atoms with van der Waals surface area (Å²) < 4.78 is 57.3. The zero-order valence-corrected chi connectivity index (χ0v) is 17.5. The first-order valence-electron chi connectivity index (χ1n) is 10.1. The number of rotatable bonds is 4. The summed E-state index contributed by atoms with van der Waals surface area (Å²) in [4.78, 5) is 14.9. The minimum absolute atomic E-state index is 0.0579. The molecule has 1 amide bonds. The van der Waals surface area contributed by atoms with E-state index in [9.17, 15) is 23.1 Å². The van der Waals surface area contributed by atoms with Gasteiger partial charge in [0.2, 0.25) is 11.6 Å². The maximum atomic E-state index is 13.9. The summed E-state index contributed by atoms with van der Waals surface area (Å²) in [5.41, 5.74) is -0.700. The number of alkyl halides is 3. The Bertz CT molecular complexity index is 1390. The minimum atomic E-state index is -4.81. The second kappa shape index (κ2) is 8.43. The largest absolute Gasteiger partial charge is 0.491 e. The standard InChI is InChI=1S/C22H15F3N4O6/c23-22(24,25)15-16(10-4-2-1-3-5-10)28-34-18(15)20-27-19(29-35-20)11-6-7-12-14(8-11)33-9-13(17(12)30)26-21(31)32/h1-8,13,17,26,30H,9H2,(H,31,32). The molecule has 35 heavy (non-hydrogen) atoms. The molecular weight excluding hydrogens is 473 g/mol. The second-order valence-corrected chi connectivity index (χ2v) is 7.59. The van der Waals surface area contributed by atoms with Crippen molar-refractivity contribution >= 4 is 6.09 Å². The molecule has 180 valence electrons. The van der Waals surface area contributed by atoms with Crippen molar-refractivity contribution in [1.82, 2.24) is 20.6 Å². The molecule has 13 heteroatoms. The van der Waals surface area contributed by atoms with Crippen LogP contribution in [0, 0.1) is 0 Å². The Labute approximate surface area is 193 Å². The molecule has 0 saturated heterocycles. The highest BCUT2D eigenvalue weighted by Crippen LogP contribution is 2.43. The van der Waals surface area contributed by atoms with Gasteiger partial charge in [0.25, 0.3) is 5.89 Å². The summed E-state index contributed by atoms with van der Waals surface area (Å²) in [5, 5.41) is 28.8. The molecule has 1 aliphatic rings. The fourth-order valence-corrected chi connectivity index (χ4v) is 3.73. The average molecular weight is 488 g/mol. The topological polar surface area (TPSA) is 144 Å². The van der Waals surface area contributed by atoms with Gasteiger partial charge in [0, 0.05) is 16.7 Å². The zero-order valence-electron chi connectivity index (χ0n) is 17.5. The first-order valence-corrected chi connectivity index (χ1v) is 10.1. The van der Waals surface area contributed by atoms with Crippen LogP contribution in [0.1, 0.15) is 17.2 Å². The van der Waals surface area contributed by atoms with Gasteiger partial charge < -0.3 is 29.3 Å². The van der Waals surface area contributed by atoms with Crippen molar-refractivity contribution in [2.75, 3.05) is 6.61 Å². The molecule has 3 N–H and O–H groups in total. The minimum Gasteiger partial charge on any atom is -0.491 e. The first kappa shape index (κ1) is 22.4. The number of carbonyl (C=O) groups is 1. The predicted octanol–water partition coefficient (Wildman–Crippen LogP) is 4.14. The van der Waals surface area contributed by atoms with Crippen molar-refractivity contribution in [3.05, 3.63) is 59.7 Å². The molecule has 0 aliphatic carbocycles. The Morgan fingerprint density at radius 2 is 1.83 bits per heavy atom. The highest BCUT2D eigenvalue weighted by molar-refractivity contribution is 5.71. The molecule has 2 unspecified atom stereocenters. The molecule has 2 aromatic carbocycles. The van der Waals surface area contributed by atoms with Crippen molar-refractivity contribution in [1.29, 1.82) is 0 Å². The lowest BCUT2D eigenvalue weighted by molar-refractivity contribution is -0.137. The number of aromatic nitrogens is 3. The van der Waals surface area contributed by atoms with Gasteiger partial charge in [0.05, 0.1) is 6.04 Å². The Balaban J connectivity index is 1.48. The van der Waals surface area contributed by atoms with Gasteiger partial charge in [-0.2, -0.15) is 18.2 Å². The molecule has 1 aliphatic heterocycles. The fraction of sp³-hybridized carbons (Fsp3) is 0.182. The van der Waals surface area contributed by atoms with E-state index >= 15 is 0 Å². The monoisotopic (exact) mass is 488 g/mol. The van der Waals surface area contributed by atoms with E-state index in [0.29, 0.717) is 11.1 Å². The molecule has 5 rings (SSSR count). The van der Waals surface area contributed by atoms with Crippen LogP contribution in [-0.2, 0) is 6.18 Å². The van der Waals surface area contributed by atoms with Gasteiger partial charge in [-0.3, -0.25) is 0 Å². The first-order chi connectivity index (χ1) is 16.7. The quantitative estimate of drug-likeness (QED) is 0.386. The van der Waals surface area contributed by atoms with Crippen LogP contribution in [0.15, 0.2) is 57.6 Å². The smallest absolute Gasteiger partial charge is 0.422 e. The van der Waals surface area contributed by atoms with Crippen LogP contribution >= 0.6 is 0 Å². The third-order valence-corrected chi connectivity index (χ3v) is 5.34. The lowest BCUT2D eigenvalue weighted by atomic mass is 9.97. The molecule has 0 radical (unpaired) electrons. The van der Waals surface area contributed by atoms with E-state index in [1.54, 1.807) is 18.2 Å². The van der Waals surface area contributed by atoms with E-state index in [1.165, 1.54) is 30.3 Å². The Morgan fingerprint density at radius 3 is 2.54 bits per heavy atom. The SMILES string of the molecule is O=C(O)NC1COc2cc(-c3noc(-c4onc(-c5ccccc5)c4C(F)(F)F)n3)ccc2C1O. The Morgan fingerprint density at radius 1 is 1.06 bits per heavy atom. The number of carboxylic acid groups (broad SMARTS) is 1. The molecule has 3 heterocycles. The number of halogens is 3. The van der Waals surface area contributed by atoms with E-state index in [0.717, 1.165) is 0 Å². The molecular formula is C22H15F3N4O6. The number of amides is 1. The van der Waals surface area contributed by atoms with Gasteiger partial charge in [-0.15, -0.1) is 0 Å². The second-order valence-electron chi connectivity index (χ2n) is 7.59. The molecule has 2 aromatic heterocycles. The van der Waals surface area contributed by atoms with Crippen molar-refractivity contribution in [3.8, 4) is 40.0 Å². The molecule has 0 fully saturated rings. The number of fused-ring (bicyclic) bond motifs is 1. The fourth-order valence-electron chi connectivity index (χ4n) is 3.73. The van der Waals surface area contributed by atoms with Gasteiger partial charge in [-0.1, -0.05) is 52.8 Å². The van der Waals surface area contributed by atoms with E-state index in [1.807, 2.05) is 0 Å². The van der Waals surface area contributed by atoms with E-state index in [2.05, 4.69) is 20.6 Å². The number of aliphatic hydroxyl groups excluding tert-OH is 1. The highest BCUT2D eigenvalue weighted by atomic mass is 19.4.